The molecule has 240 valence electrons. The molecule has 0 radical (unpaired) electrons. The first-order chi connectivity index (χ1) is 20.2. The number of halogens is 4. The number of piperidine rings is 1. The van der Waals surface area contributed by atoms with E-state index in [1.807, 2.05) is 42.4 Å². The smallest absolute Gasteiger partial charge is 0.367 e. The van der Waals surface area contributed by atoms with Gasteiger partial charge in [-0.15, -0.1) is 0 Å². The van der Waals surface area contributed by atoms with Crippen LogP contribution in [-0.2, 0) is 27.3 Å². The van der Waals surface area contributed by atoms with Gasteiger partial charge in [-0.05, 0) is 63.3 Å². The van der Waals surface area contributed by atoms with Gasteiger partial charge < -0.3 is 19.6 Å². The lowest BCUT2D eigenvalue weighted by atomic mass is 9.87. The van der Waals surface area contributed by atoms with Gasteiger partial charge in [0.25, 0.3) is 0 Å². The highest BCUT2D eigenvalue weighted by atomic mass is 35.5. The third-order valence-corrected chi connectivity index (χ3v) is 10.0. The number of likely N-dealkylation sites (tertiary alicyclic amines) is 1. The fraction of sp³-hybridized carbons (Fsp3) is 0.655. The van der Waals surface area contributed by atoms with Crippen LogP contribution < -0.4 is 9.80 Å². The maximum Gasteiger partial charge on any atom is 0.416 e. The molecule has 9 nitrogen and oxygen atoms in total. The minimum absolute atomic E-state index is 0.0114. The number of aliphatic hydroxyl groups is 1. The molecule has 2 unspecified atom stereocenters. The zero-order valence-electron chi connectivity index (χ0n) is 25.0. The van der Waals surface area contributed by atoms with Gasteiger partial charge in [-0.25, -0.2) is 23.3 Å². The van der Waals surface area contributed by atoms with Gasteiger partial charge in [0.05, 0.1) is 41.3 Å². The van der Waals surface area contributed by atoms with E-state index in [0.717, 1.165) is 25.0 Å². The third kappa shape index (κ3) is 8.50. The zero-order chi connectivity index (χ0) is 31.5. The SMILES string of the molecule is CC[C@@H]1CC(N(Cc2cc(Cl)cc(C(F)(F)F)c2)c2ncc(N3CCS(=O)(=O)CC3)cn2)C[C@H](CC)N1C(O)OC(C)C. The number of rotatable bonds is 10. The summed E-state index contributed by atoms with van der Waals surface area (Å²) in [5.41, 5.74) is 0.232. The Morgan fingerprint density at radius 3 is 2.16 bits per heavy atom. The Balaban J connectivity index is 1.67. The van der Waals surface area contributed by atoms with Gasteiger partial charge in [0, 0.05) is 42.8 Å². The molecule has 2 fully saturated rings. The highest BCUT2D eigenvalue weighted by molar-refractivity contribution is 7.91. The minimum Gasteiger partial charge on any atom is -0.367 e. The molecule has 0 aliphatic carbocycles. The number of hydrogen-bond acceptors (Lipinski definition) is 9. The van der Waals surface area contributed by atoms with Gasteiger partial charge in [0.15, 0.2) is 9.84 Å². The molecule has 2 aliphatic rings. The first-order valence-electron chi connectivity index (χ1n) is 14.7. The monoisotopic (exact) mass is 647 g/mol. The highest BCUT2D eigenvalue weighted by Crippen LogP contribution is 2.36. The average molecular weight is 648 g/mol. The molecule has 4 atom stereocenters. The third-order valence-electron chi connectivity index (χ3n) is 8.19. The molecule has 43 heavy (non-hydrogen) atoms. The summed E-state index contributed by atoms with van der Waals surface area (Å²) in [6, 6.07) is 3.27. The van der Waals surface area contributed by atoms with Crippen molar-refractivity contribution in [1.82, 2.24) is 14.9 Å². The molecule has 0 bridgehead atoms. The molecule has 2 aromatic rings. The van der Waals surface area contributed by atoms with E-state index in [9.17, 15) is 26.7 Å². The predicted octanol–water partition coefficient (Wildman–Crippen LogP) is 5.11. The topological polar surface area (TPSA) is 99.1 Å². The van der Waals surface area contributed by atoms with Crippen molar-refractivity contribution in [3.63, 3.8) is 0 Å². The lowest BCUT2D eigenvalue weighted by Gasteiger charge is -2.49. The molecular formula is C29H41ClF3N5O4S. The second kappa shape index (κ2) is 13.8. The maximum absolute atomic E-state index is 13.7. The van der Waals surface area contributed by atoms with Crippen molar-refractivity contribution >= 4 is 33.1 Å². The fourth-order valence-electron chi connectivity index (χ4n) is 6.01. The number of sulfone groups is 1. The van der Waals surface area contributed by atoms with E-state index in [2.05, 4.69) is 9.97 Å². The second-order valence-electron chi connectivity index (χ2n) is 11.6. The van der Waals surface area contributed by atoms with Crippen molar-refractivity contribution in [2.75, 3.05) is 34.4 Å². The second-order valence-corrected chi connectivity index (χ2v) is 14.3. The van der Waals surface area contributed by atoms with Crippen LogP contribution in [0.4, 0.5) is 24.8 Å². The van der Waals surface area contributed by atoms with Crippen LogP contribution >= 0.6 is 11.6 Å². The van der Waals surface area contributed by atoms with E-state index in [1.165, 1.54) is 6.07 Å². The molecule has 2 saturated heterocycles. The molecule has 0 amide bonds. The highest BCUT2D eigenvalue weighted by Gasteiger charge is 2.41. The van der Waals surface area contributed by atoms with Crippen LogP contribution in [0.25, 0.3) is 0 Å². The van der Waals surface area contributed by atoms with Crippen LogP contribution in [0.15, 0.2) is 30.6 Å². The number of anilines is 2. The van der Waals surface area contributed by atoms with Crippen molar-refractivity contribution in [3.8, 4) is 0 Å². The first kappa shape index (κ1) is 33.7. The Morgan fingerprint density at radius 1 is 1.07 bits per heavy atom. The Labute approximate surface area is 256 Å². The number of aromatic nitrogens is 2. The largest absolute Gasteiger partial charge is 0.416 e. The van der Waals surface area contributed by atoms with Crippen molar-refractivity contribution in [1.29, 1.82) is 0 Å². The molecule has 1 aromatic carbocycles. The van der Waals surface area contributed by atoms with Gasteiger partial charge in [-0.3, -0.25) is 0 Å². The van der Waals surface area contributed by atoms with Crippen LogP contribution in [-0.4, -0.2) is 83.6 Å². The lowest BCUT2D eigenvalue weighted by Crippen LogP contribution is -2.59. The fourth-order valence-corrected chi connectivity index (χ4v) is 7.47. The quantitative estimate of drug-likeness (QED) is 0.353. The molecule has 3 heterocycles. The summed E-state index contributed by atoms with van der Waals surface area (Å²) in [5, 5.41) is 10.9. The van der Waals surface area contributed by atoms with E-state index in [0.29, 0.717) is 43.1 Å². The maximum atomic E-state index is 13.7. The lowest BCUT2D eigenvalue weighted by molar-refractivity contribution is -0.242. The van der Waals surface area contributed by atoms with Gasteiger partial charge >= 0.3 is 6.18 Å². The molecule has 0 spiro atoms. The molecule has 0 saturated carbocycles. The van der Waals surface area contributed by atoms with Gasteiger partial charge in [-0.2, -0.15) is 13.2 Å². The number of ether oxygens (including phenoxy) is 1. The number of benzene rings is 1. The van der Waals surface area contributed by atoms with Gasteiger partial charge in [-0.1, -0.05) is 25.4 Å². The van der Waals surface area contributed by atoms with Crippen LogP contribution in [0.5, 0.6) is 0 Å². The van der Waals surface area contributed by atoms with E-state index in [1.54, 1.807) is 12.4 Å². The molecular weight excluding hydrogens is 607 g/mol. The number of hydrogen-bond donors (Lipinski definition) is 1. The first-order valence-corrected chi connectivity index (χ1v) is 16.9. The summed E-state index contributed by atoms with van der Waals surface area (Å²) in [7, 11) is -3.06. The normalized spacial score (nSPS) is 23.9. The van der Waals surface area contributed by atoms with Gasteiger partial charge in [0.1, 0.15) is 0 Å². The molecule has 1 aromatic heterocycles. The van der Waals surface area contributed by atoms with E-state index in [4.69, 9.17) is 16.3 Å². The standard InChI is InChI=1S/C29H41ClF3N5O4S/c1-5-23-14-25(15-24(6-2)38(23)28(39)42-19(3)4)37(18-20-11-21(29(31,32)33)13-22(30)12-20)27-34-16-26(17-35-27)36-7-9-43(40,41)10-8-36/h11-13,16-17,19,23-25,28,39H,5-10,14-15,18H2,1-4H3/t23-,24+,25?,28?. The van der Waals surface area contributed by atoms with Crippen LogP contribution in [0, 0.1) is 0 Å². The number of alkyl halides is 3. The summed E-state index contributed by atoms with van der Waals surface area (Å²) in [4.78, 5) is 15.1. The van der Waals surface area contributed by atoms with E-state index < -0.39 is 28.0 Å². The summed E-state index contributed by atoms with van der Waals surface area (Å²) in [6.07, 6.45) is 0.141. The van der Waals surface area contributed by atoms with Gasteiger partial charge in [0.2, 0.25) is 12.4 Å². The number of aliphatic hydroxyl groups excluding tert-OH is 1. The summed E-state index contributed by atoms with van der Waals surface area (Å²) >= 11 is 6.14. The molecule has 4 rings (SSSR count). The van der Waals surface area contributed by atoms with Crippen LogP contribution in [0.3, 0.4) is 0 Å². The predicted molar refractivity (Wildman–Crippen MR) is 161 cm³/mol. The minimum atomic E-state index is -4.55. The Morgan fingerprint density at radius 2 is 1.65 bits per heavy atom. The summed E-state index contributed by atoms with van der Waals surface area (Å²) in [5.74, 6) is 0.460. The Bertz CT molecular complexity index is 1300. The summed E-state index contributed by atoms with van der Waals surface area (Å²) in [6.45, 7) is 8.58. The number of nitrogens with zero attached hydrogens (tertiary/aromatic N) is 5. The van der Waals surface area contributed by atoms with Crippen LogP contribution in [0.1, 0.15) is 64.5 Å². The van der Waals surface area contributed by atoms with Crippen molar-refractivity contribution < 1.29 is 31.4 Å². The zero-order valence-corrected chi connectivity index (χ0v) is 26.5. The molecule has 14 heteroatoms. The van der Waals surface area contributed by atoms with Crippen molar-refractivity contribution in [2.45, 2.75) is 96.7 Å². The van der Waals surface area contributed by atoms with Crippen molar-refractivity contribution in [3.05, 3.63) is 46.7 Å². The molecule has 2 aliphatic heterocycles. The Hall–Kier alpha value is -2.19. The molecule has 1 N–H and O–H groups in total. The summed E-state index contributed by atoms with van der Waals surface area (Å²) < 4.78 is 70.5. The van der Waals surface area contributed by atoms with E-state index >= 15 is 0 Å². The average Bonchev–Trinajstić information content (AvgIpc) is 2.94. The van der Waals surface area contributed by atoms with Crippen LogP contribution in [0.2, 0.25) is 5.02 Å². The Kier molecular flexibility index (Phi) is 10.9. The van der Waals surface area contributed by atoms with Crippen molar-refractivity contribution in [2.24, 2.45) is 0 Å². The van der Waals surface area contributed by atoms with E-state index in [-0.39, 0.29) is 47.3 Å².